The van der Waals surface area contributed by atoms with Crippen molar-refractivity contribution in [1.82, 2.24) is 4.31 Å². The minimum absolute atomic E-state index is 0.315. The largest absolute Gasteiger partial charge is 0.398 e. The van der Waals surface area contributed by atoms with Crippen LogP contribution in [0.25, 0.3) is 0 Å². The maximum atomic E-state index is 12.7. The van der Waals surface area contributed by atoms with Gasteiger partial charge in [0.2, 0.25) is 10.0 Å². The molecule has 0 bridgehead atoms. The molecule has 1 heterocycles. The molecule has 0 atom stereocenters. The summed E-state index contributed by atoms with van der Waals surface area (Å²) < 4.78 is 27.0. The van der Waals surface area contributed by atoms with Gasteiger partial charge in [-0.15, -0.1) is 0 Å². The van der Waals surface area contributed by atoms with E-state index in [1.807, 2.05) is 12.1 Å². The number of nitrogens with two attached hydrogens (primary N) is 1. The van der Waals surface area contributed by atoms with Crippen molar-refractivity contribution in [3.8, 4) is 0 Å². The van der Waals surface area contributed by atoms with Crippen molar-refractivity contribution in [2.45, 2.75) is 45.1 Å². The van der Waals surface area contributed by atoms with Gasteiger partial charge in [0.15, 0.2) is 0 Å². The number of nitrogen functional groups attached to an aromatic ring is 1. The summed E-state index contributed by atoms with van der Waals surface area (Å²) in [5.74, 6) is 0.660. The molecule has 2 N–H and O–H groups in total. The van der Waals surface area contributed by atoms with Crippen LogP contribution in [0, 0.1) is 5.92 Å². The number of hydrogen-bond acceptors (Lipinski definition) is 3. The number of anilines is 1. The summed E-state index contributed by atoms with van der Waals surface area (Å²) in [7, 11) is -3.16. The Kier molecular flexibility index (Phi) is 4.22. The number of benzene rings is 1. The van der Waals surface area contributed by atoms with Crippen LogP contribution < -0.4 is 5.73 Å². The standard InChI is InChI=1S/C16H24N2O2S/c17-16-8-4-7-14-9-10-18(11-15(14)16)21(19,20)12-13-5-2-1-3-6-13/h4,7-8,13H,1-3,5-6,9-12,17H2. The predicted octanol–water partition coefficient (Wildman–Crippen LogP) is 2.54. The highest BCUT2D eigenvalue weighted by Gasteiger charge is 2.30. The number of rotatable bonds is 3. The molecular formula is C16H24N2O2S. The van der Waals surface area contributed by atoms with Crippen LogP contribution in [0.15, 0.2) is 18.2 Å². The van der Waals surface area contributed by atoms with Crippen molar-refractivity contribution in [1.29, 1.82) is 0 Å². The molecule has 4 nitrogen and oxygen atoms in total. The van der Waals surface area contributed by atoms with Gasteiger partial charge in [-0.05, 0) is 42.4 Å². The summed E-state index contributed by atoms with van der Waals surface area (Å²) in [6.45, 7) is 1.03. The Morgan fingerprint density at radius 2 is 1.95 bits per heavy atom. The van der Waals surface area contributed by atoms with Crippen LogP contribution in [0.2, 0.25) is 0 Å². The molecule has 1 aliphatic carbocycles. The fourth-order valence-corrected chi connectivity index (χ4v) is 5.41. The van der Waals surface area contributed by atoms with Gasteiger partial charge in [-0.3, -0.25) is 0 Å². The van der Waals surface area contributed by atoms with E-state index in [2.05, 4.69) is 6.07 Å². The molecule has 2 aliphatic rings. The van der Waals surface area contributed by atoms with Crippen molar-refractivity contribution in [2.75, 3.05) is 18.0 Å². The molecule has 0 amide bonds. The van der Waals surface area contributed by atoms with Crippen LogP contribution in [0.5, 0.6) is 0 Å². The van der Waals surface area contributed by atoms with Crippen LogP contribution in [0.1, 0.15) is 43.2 Å². The zero-order valence-corrected chi connectivity index (χ0v) is 13.2. The zero-order chi connectivity index (χ0) is 14.9. The Morgan fingerprint density at radius 3 is 2.71 bits per heavy atom. The van der Waals surface area contributed by atoms with E-state index in [0.717, 1.165) is 24.8 Å². The van der Waals surface area contributed by atoms with E-state index >= 15 is 0 Å². The maximum Gasteiger partial charge on any atom is 0.214 e. The second-order valence-corrected chi connectivity index (χ2v) is 8.36. The van der Waals surface area contributed by atoms with Crippen molar-refractivity contribution in [2.24, 2.45) is 5.92 Å². The van der Waals surface area contributed by atoms with E-state index in [1.165, 1.54) is 24.8 Å². The summed E-state index contributed by atoms with van der Waals surface area (Å²) in [4.78, 5) is 0. The average Bonchev–Trinajstić information content (AvgIpc) is 2.48. The predicted molar refractivity (Wildman–Crippen MR) is 85.3 cm³/mol. The molecule has 1 fully saturated rings. The van der Waals surface area contributed by atoms with Crippen LogP contribution in [-0.2, 0) is 23.0 Å². The highest BCUT2D eigenvalue weighted by Crippen LogP contribution is 2.29. The number of hydrogen-bond donors (Lipinski definition) is 1. The first kappa shape index (κ1) is 14.9. The fraction of sp³-hybridized carbons (Fsp3) is 0.625. The molecule has 0 unspecified atom stereocenters. The van der Waals surface area contributed by atoms with Crippen LogP contribution >= 0.6 is 0 Å². The lowest BCUT2D eigenvalue weighted by molar-refractivity contribution is 0.358. The monoisotopic (exact) mass is 308 g/mol. The fourth-order valence-electron chi connectivity index (χ4n) is 3.58. The summed E-state index contributed by atoms with van der Waals surface area (Å²) >= 11 is 0. The van der Waals surface area contributed by atoms with Gasteiger partial charge in [0.25, 0.3) is 0 Å². The first-order chi connectivity index (χ1) is 10.1. The zero-order valence-electron chi connectivity index (χ0n) is 12.4. The summed E-state index contributed by atoms with van der Waals surface area (Å²) in [5, 5.41) is 0. The van der Waals surface area contributed by atoms with Gasteiger partial charge in [-0.1, -0.05) is 31.4 Å². The van der Waals surface area contributed by atoms with E-state index in [4.69, 9.17) is 5.73 Å². The van der Waals surface area contributed by atoms with Gasteiger partial charge in [-0.25, -0.2) is 8.42 Å². The normalized spacial score (nSPS) is 21.1. The van der Waals surface area contributed by atoms with Gasteiger partial charge in [0.1, 0.15) is 0 Å². The van der Waals surface area contributed by atoms with Crippen molar-refractivity contribution < 1.29 is 8.42 Å². The smallest absolute Gasteiger partial charge is 0.214 e. The second kappa shape index (κ2) is 5.97. The maximum absolute atomic E-state index is 12.7. The first-order valence-corrected chi connectivity index (χ1v) is 9.51. The van der Waals surface area contributed by atoms with Crippen molar-refractivity contribution in [3.63, 3.8) is 0 Å². The van der Waals surface area contributed by atoms with E-state index in [0.29, 0.717) is 30.4 Å². The van der Waals surface area contributed by atoms with E-state index in [1.54, 1.807) is 4.31 Å². The molecule has 1 aliphatic heterocycles. The average molecular weight is 308 g/mol. The third-order valence-corrected chi connectivity index (χ3v) is 6.83. The van der Waals surface area contributed by atoms with Crippen LogP contribution in [0.3, 0.4) is 0 Å². The molecule has 1 aromatic carbocycles. The number of fused-ring (bicyclic) bond motifs is 1. The SMILES string of the molecule is Nc1cccc2c1CN(S(=O)(=O)CC1CCCCC1)CC2. The van der Waals surface area contributed by atoms with Gasteiger partial charge < -0.3 is 5.73 Å². The first-order valence-electron chi connectivity index (χ1n) is 7.90. The molecule has 0 spiro atoms. The third kappa shape index (κ3) is 3.24. The third-order valence-electron chi connectivity index (χ3n) is 4.84. The minimum atomic E-state index is -3.16. The lowest BCUT2D eigenvalue weighted by atomic mass is 9.91. The molecule has 0 saturated heterocycles. The number of nitrogens with zero attached hydrogens (tertiary/aromatic N) is 1. The Hall–Kier alpha value is -1.07. The molecule has 0 radical (unpaired) electrons. The summed E-state index contributed by atoms with van der Waals surface area (Å²) in [6, 6.07) is 5.85. The molecule has 21 heavy (non-hydrogen) atoms. The highest BCUT2D eigenvalue weighted by atomic mass is 32.2. The van der Waals surface area contributed by atoms with Gasteiger partial charge in [0, 0.05) is 18.8 Å². The Balaban J connectivity index is 1.73. The van der Waals surface area contributed by atoms with Gasteiger partial charge >= 0.3 is 0 Å². The van der Waals surface area contributed by atoms with Gasteiger partial charge in [-0.2, -0.15) is 4.31 Å². The molecule has 1 aromatic rings. The lowest BCUT2D eigenvalue weighted by Crippen LogP contribution is -2.39. The van der Waals surface area contributed by atoms with Crippen LogP contribution in [0.4, 0.5) is 5.69 Å². The molecule has 3 rings (SSSR count). The topological polar surface area (TPSA) is 63.4 Å². The molecule has 116 valence electrons. The van der Waals surface area contributed by atoms with E-state index in [9.17, 15) is 8.42 Å². The molecule has 1 saturated carbocycles. The van der Waals surface area contributed by atoms with Crippen LogP contribution in [-0.4, -0.2) is 25.0 Å². The summed E-state index contributed by atoms with van der Waals surface area (Å²) in [5.41, 5.74) is 8.91. The van der Waals surface area contributed by atoms with Crippen molar-refractivity contribution in [3.05, 3.63) is 29.3 Å². The highest BCUT2D eigenvalue weighted by molar-refractivity contribution is 7.89. The van der Waals surface area contributed by atoms with Crippen molar-refractivity contribution >= 4 is 15.7 Å². The Morgan fingerprint density at radius 1 is 1.19 bits per heavy atom. The molecule has 0 aromatic heterocycles. The number of sulfonamides is 1. The second-order valence-electron chi connectivity index (χ2n) is 6.35. The Bertz CT molecular complexity index is 607. The molecular weight excluding hydrogens is 284 g/mol. The Labute approximate surface area is 127 Å². The lowest BCUT2D eigenvalue weighted by Gasteiger charge is -2.31. The quantitative estimate of drug-likeness (QED) is 0.873. The van der Waals surface area contributed by atoms with Gasteiger partial charge in [0.05, 0.1) is 5.75 Å². The van der Waals surface area contributed by atoms with E-state index in [-0.39, 0.29) is 0 Å². The van der Waals surface area contributed by atoms with E-state index < -0.39 is 10.0 Å². The summed E-state index contributed by atoms with van der Waals surface area (Å²) in [6.07, 6.45) is 6.50. The minimum Gasteiger partial charge on any atom is -0.398 e. The molecule has 5 heteroatoms.